The standard InChI is InChI=1S/C23H20N6O2/c1-13-17(14(2)29-20(24-13)12-22(31)28-29)11-21(30)25-16-9-7-15(8-10-16)23-26-18-5-3-4-6-19(18)27-23/h3-10,12H,11H2,1-2H3,(H,25,30)(H,26,27)(H,28,31). The molecule has 0 saturated carbocycles. The van der Waals surface area contributed by atoms with E-state index in [9.17, 15) is 9.59 Å². The molecule has 0 aliphatic carbocycles. The zero-order valence-electron chi connectivity index (χ0n) is 17.1. The van der Waals surface area contributed by atoms with E-state index in [4.69, 9.17) is 0 Å². The summed E-state index contributed by atoms with van der Waals surface area (Å²) in [7, 11) is 0. The Morgan fingerprint density at radius 3 is 2.61 bits per heavy atom. The van der Waals surface area contributed by atoms with Crippen LogP contribution in [0, 0.1) is 13.8 Å². The average Bonchev–Trinajstić information content (AvgIpc) is 3.35. The molecule has 0 bridgehead atoms. The molecule has 3 heterocycles. The Kier molecular flexibility index (Phi) is 4.39. The maximum Gasteiger partial charge on any atom is 0.266 e. The van der Waals surface area contributed by atoms with Crippen LogP contribution in [-0.4, -0.2) is 30.5 Å². The van der Waals surface area contributed by atoms with E-state index in [0.717, 1.165) is 39.4 Å². The lowest BCUT2D eigenvalue weighted by atomic mass is 10.1. The molecule has 2 aromatic carbocycles. The molecule has 3 N–H and O–H groups in total. The summed E-state index contributed by atoms with van der Waals surface area (Å²) in [4.78, 5) is 36.6. The normalized spacial score (nSPS) is 11.3. The molecule has 0 aliphatic heterocycles. The number of fused-ring (bicyclic) bond motifs is 2. The molecule has 154 valence electrons. The van der Waals surface area contributed by atoms with Gasteiger partial charge in [0.2, 0.25) is 5.91 Å². The van der Waals surface area contributed by atoms with Gasteiger partial charge in [0.15, 0.2) is 5.65 Å². The monoisotopic (exact) mass is 412 g/mol. The first kappa shape index (κ1) is 18.8. The molecule has 0 unspecified atom stereocenters. The minimum Gasteiger partial charge on any atom is -0.338 e. The Bertz CT molecular complexity index is 1460. The number of nitrogens with zero attached hydrogens (tertiary/aromatic N) is 3. The molecule has 0 aliphatic rings. The summed E-state index contributed by atoms with van der Waals surface area (Å²) >= 11 is 0. The zero-order chi connectivity index (χ0) is 21.5. The number of imidazole rings is 1. The summed E-state index contributed by atoms with van der Waals surface area (Å²) < 4.78 is 1.61. The molecule has 5 rings (SSSR count). The topological polar surface area (TPSA) is 108 Å². The van der Waals surface area contributed by atoms with Crippen molar-refractivity contribution in [2.45, 2.75) is 20.3 Å². The molecule has 0 radical (unpaired) electrons. The van der Waals surface area contributed by atoms with Crippen molar-refractivity contribution in [3.05, 3.63) is 81.9 Å². The minimum absolute atomic E-state index is 0.154. The lowest BCUT2D eigenvalue weighted by molar-refractivity contribution is -0.115. The molecule has 0 fully saturated rings. The molecule has 0 spiro atoms. The van der Waals surface area contributed by atoms with Crippen LogP contribution in [-0.2, 0) is 11.2 Å². The van der Waals surface area contributed by atoms with E-state index in [-0.39, 0.29) is 17.9 Å². The van der Waals surface area contributed by atoms with Crippen LogP contribution in [0.5, 0.6) is 0 Å². The third-order valence-electron chi connectivity index (χ3n) is 5.37. The average molecular weight is 412 g/mol. The van der Waals surface area contributed by atoms with Crippen LogP contribution in [0.3, 0.4) is 0 Å². The predicted molar refractivity (Wildman–Crippen MR) is 119 cm³/mol. The lowest BCUT2D eigenvalue weighted by Crippen LogP contribution is -2.17. The van der Waals surface area contributed by atoms with Gasteiger partial charge in [-0.2, -0.15) is 0 Å². The van der Waals surface area contributed by atoms with Crippen molar-refractivity contribution in [1.82, 2.24) is 24.6 Å². The predicted octanol–water partition coefficient (Wildman–Crippen LogP) is 3.36. The number of aromatic amines is 2. The van der Waals surface area contributed by atoms with Gasteiger partial charge < -0.3 is 10.3 Å². The van der Waals surface area contributed by atoms with Gasteiger partial charge >= 0.3 is 0 Å². The molecule has 8 heteroatoms. The number of amides is 1. The van der Waals surface area contributed by atoms with Gasteiger partial charge in [0, 0.05) is 34.3 Å². The maximum atomic E-state index is 12.7. The van der Waals surface area contributed by atoms with Crippen molar-refractivity contribution >= 4 is 28.3 Å². The van der Waals surface area contributed by atoms with E-state index in [1.807, 2.05) is 62.4 Å². The number of H-pyrrole nitrogens is 2. The Labute approximate surface area is 177 Å². The van der Waals surface area contributed by atoms with Crippen molar-refractivity contribution in [2.24, 2.45) is 0 Å². The van der Waals surface area contributed by atoms with Crippen LogP contribution in [0.1, 0.15) is 17.0 Å². The number of rotatable bonds is 4. The van der Waals surface area contributed by atoms with Gasteiger partial charge in [0.1, 0.15) is 5.82 Å². The van der Waals surface area contributed by atoms with E-state index in [1.54, 1.807) is 4.52 Å². The summed E-state index contributed by atoms with van der Waals surface area (Å²) in [6.07, 6.45) is 0.159. The number of aryl methyl sites for hydroxylation is 2. The van der Waals surface area contributed by atoms with Crippen molar-refractivity contribution in [3.8, 4) is 11.4 Å². The van der Waals surface area contributed by atoms with E-state index in [1.165, 1.54) is 6.07 Å². The number of anilines is 1. The number of carbonyl (C=O) groups is 1. The number of carbonyl (C=O) groups excluding carboxylic acids is 1. The molecular formula is C23H20N6O2. The van der Waals surface area contributed by atoms with Crippen LogP contribution >= 0.6 is 0 Å². The number of benzene rings is 2. The number of hydrogen-bond donors (Lipinski definition) is 3. The van der Waals surface area contributed by atoms with Gasteiger partial charge in [-0.3, -0.25) is 14.7 Å². The zero-order valence-corrected chi connectivity index (χ0v) is 17.1. The van der Waals surface area contributed by atoms with Gasteiger partial charge in [0.25, 0.3) is 5.56 Å². The Balaban J connectivity index is 1.34. The fourth-order valence-corrected chi connectivity index (χ4v) is 3.78. The number of aromatic nitrogens is 5. The molecule has 5 aromatic rings. The van der Waals surface area contributed by atoms with Crippen LogP contribution in [0.25, 0.3) is 28.1 Å². The molecule has 1 amide bonds. The highest BCUT2D eigenvalue weighted by Gasteiger charge is 2.14. The van der Waals surface area contributed by atoms with Crippen molar-refractivity contribution in [3.63, 3.8) is 0 Å². The first-order chi connectivity index (χ1) is 15.0. The van der Waals surface area contributed by atoms with Crippen LogP contribution in [0.4, 0.5) is 5.69 Å². The summed E-state index contributed by atoms with van der Waals surface area (Å²) in [5.74, 6) is 0.628. The van der Waals surface area contributed by atoms with Crippen LogP contribution in [0.15, 0.2) is 59.4 Å². The molecule has 3 aromatic heterocycles. The first-order valence-electron chi connectivity index (χ1n) is 9.91. The highest BCUT2D eigenvalue weighted by molar-refractivity contribution is 5.92. The number of hydrogen-bond acceptors (Lipinski definition) is 4. The second-order valence-corrected chi connectivity index (χ2v) is 7.48. The van der Waals surface area contributed by atoms with Gasteiger partial charge in [-0.25, -0.2) is 14.5 Å². The quantitative estimate of drug-likeness (QED) is 0.421. The summed E-state index contributed by atoms with van der Waals surface area (Å²) in [5.41, 5.74) is 6.16. The Morgan fingerprint density at radius 2 is 1.84 bits per heavy atom. The van der Waals surface area contributed by atoms with Crippen LogP contribution < -0.4 is 10.9 Å². The third-order valence-corrected chi connectivity index (χ3v) is 5.37. The largest absolute Gasteiger partial charge is 0.338 e. The van der Waals surface area contributed by atoms with Crippen molar-refractivity contribution < 1.29 is 4.79 Å². The summed E-state index contributed by atoms with van der Waals surface area (Å²) in [6.45, 7) is 3.71. The first-order valence-corrected chi connectivity index (χ1v) is 9.91. The minimum atomic E-state index is -0.221. The van der Waals surface area contributed by atoms with Gasteiger partial charge in [-0.05, 0) is 50.2 Å². The van der Waals surface area contributed by atoms with Crippen molar-refractivity contribution in [2.75, 3.05) is 5.32 Å². The van der Waals surface area contributed by atoms with Gasteiger partial charge in [-0.15, -0.1) is 0 Å². The van der Waals surface area contributed by atoms with E-state index in [0.29, 0.717) is 11.3 Å². The smallest absolute Gasteiger partial charge is 0.266 e. The Morgan fingerprint density at radius 1 is 1.06 bits per heavy atom. The molecule has 8 nitrogen and oxygen atoms in total. The highest BCUT2D eigenvalue weighted by Crippen LogP contribution is 2.22. The Hall–Kier alpha value is -4.20. The number of para-hydroxylation sites is 2. The summed E-state index contributed by atoms with van der Waals surface area (Å²) in [6, 6.07) is 16.8. The van der Waals surface area contributed by atoms with Crippen LogP contribution in [0.2, 0.25) is 0 Å². The van der Waals surface area contributed by atoms with E-state index in [2.05, 4.69) is 25.4 Å². The number of nitrogens with one attached hydrogen (secondary N) is 3. The van der Waals surface area contributed by atoms with E-state index >= 15 is 0 Å². The summed E-state index contributed by atoms with van der Waals surface area (Å²) in [5, 5.41) is 5.63. The van der Waals surface area contributed by atoms with Gasteiger partial charge in [-0.1, -0.05) is 12.1 Å². The van der Waals surface area contributed by atoms with E-state index < -0.39 is 0 Å². The third kappa shape index (κ3) is 3.48. The molecule has 0 atom stereocenters. The van der Waals surface area contributed by atoms with Gasteiger partial charge in [0.05, 0.1) is 17.5 Å². The van der Waals surface area contributed by atoms with Crippen molar-refractivity contribution in [1.29, 1.82) is 0 Å². The second kappa shape index (κ2) is 7.24. The highest BCUT2D eigenvalue weighted by atomic mass is 16.1. The molecule has 0 saturated heterocycles. The molecule has 31 heavy (non-hydrogen) atoms. The SMILES string of the molecule is Cc1nc2cc(=O)[nH]n2c(C)c1CC(=O)Nc1ccc(-c2nc3ccccc3[nH]2)cc1. The molecular weight excluding hydrogens is 392 g/mol. The maximum absolute atomic E-state index is 12.7. The lowest BCUT2D eigenvalue weighted by Gasteiger charge is -2.12. The fourth-order valence-electron chi connectivity index (χ4n) is 3.78. The fraction of sp³-hybridized carbons (Fsp3) is 0.130. The second-order valence-electron chi connectivity index (χ2n) is 7.48.